The van der Waals surface area contributed by atoms with Crippen molar-refractivity contribution >= 4 is 44.2 Å². The van der Waals surface area contributed by atoms with Crippen molar-refractivity contribution in [3.05, 3.63) is 52.3 Å². The van der Waals surface area contributed by atoms with Crippen LogP contribution in [0.3, 0.4) is 0 Å². The van der Waals surface area contributed by atoms with Crippen LogP contribution in [0, 0.1) is 18.3 Å². The van der Waals surface area contributed by atoms with E-state index < -0.39 is 12.6 Å². The van der Waals surface area contributed by atoms with Gasteiger partial charge in [0.05, 0.1) is 24.5 Å². The lowest BCUT2D eigenvalue weighted by molar-refractivity contribution is -0.133. The van der Waals surface area contributed by atoms with Crippen molar-refractivity contribution in [2.24, 2.45) is 0 Å². The highest BCUT2D eigenvalue weighted by Crippen LogP contribution is 2.33. The number of amides is 1. The second kappa shape index (κ2) is 11.5. The maximum absolute atomic E-state index is 12.9. The molecule has 6 rings (SSSR count). The number of benzene rings is 1. The van der Waals surface area contributed by atoms with E-state index in [9.17, 15) is 23.2 Å². The van der Waals surface area contributed by atoms with Gasteiger partial charge >= 0.3 is 6.18 Å². The van der Waals surface area contributed by atoms with Crippen LogP contribution in [0.25, 0.3) is 21.1 Å². The molecule has 0 unspecified atom stereocenters. The molecule has 42 heavy (non-hydrogen) atoms. The number of nitrogens with zero attached hydrogens (tertiary/aromatic N) is 5. The molecule has 13 heteroatoms. The van der Waals surface area contributed by atoms with Crippen LogP contribution >= 0.6 is 11.3 Å². The van der Waals surface area contributed by atoms with E-state index in [2.05, 4.69) is 50.6 Å². The number of nitriles is 1. The summed E-state index contributed by atoms with van der Waals surface area (Å²) in [6.07, 6.45) is -2.27. The largest absolute Gasteiger partial charge is 0.393 e. The lowest BCUT2D eigenvalue weighted by Crippen LogP contribution is -2.44. The van der Waals surface area contributed by atoms with Crippen molar-refractivity contribution < 1.29 is 22.7 Å². The third-order valence-corrected chi connectivity index (χ3v) is 9.06. The number of piperidine rings is 1. The average molecular weight is 598 g/mol. The molecule has 0 radical (unpaired) electrons. The number of rotatable bonds is 7. The Balaban J connectivity index is 1.10. The number of carbonyl (C=O) groups excluding carboxylic acids is 1. The predicted octanol–water partition coefficient (Wildman–Crippen LogP) is 4.52. The van der Waals surface area contributed by atoms with Crippen LogP contribution < -0.4 is 10.6 Å². The first-order valence-corrected chi connectivity index (χ1v) is 14.7. The normalized spacial score (nSPS) is 18.8. The summed E-state index contributed by atoms with van der Waals surface area (Å²) in [5, 5.41) is 17.7. The number of fused-ring (bicyclic) bond motifs is 2. The number of morpholine rings is 1. The minimum Gasteiger partial charge on any atom is -0.367 e. The van der Waals surface area contributed by atoms with Crippen LogP contribution in [0.1, 0.15) is 34.5 Å². The van der Waals surface area contributed by atoms with Crippen LogP contribution in [0.4, 0.5) is 19.0 Å². The smallest absolute Gasteiger partial charge is 0.367 e. The third kappa shape index (κ3) is 6.06. The first-order chi connectivity index (χ1) is 20.2. The highest BCUT2D eigenvalue weighted by molar-refractivity contribution is 7.18. The van der Waals surface area contributed by atoms with E-state index in [4.69, 9.17) is 4.74 Å². The fourth-order valence-electron chi connectivity index (χ4n) is 5.81. The van der Waals surface area contributed by atoms with Gasteiger partial charge in [-0.1, -0.05) is 6.07 Å². The molecule has 2 aliphatic heterocycles. The number of hydrogen-bond donors (Lipinski definition) is 2. The van der Waals surface area contributed by atoms with Crippen molar-refractivity contribution in [3.8, 4) is 6.07 Å². The molecular formula is C29H30F3N7O2S. The summed E-state index contributed by atoms with van der Waals surface area (Å²) in [6, 6.07) is 10.1. The number of anilines is 1. The van der Waals surface area contributed by atoms with Crippen molar-refractivity contribution in [2.75, 3.05) is 31.6 Å². The lowest BCUT2D eigenvalue weighted by atomic mass is 10.0. The van der Waals surface area contributed by atoms with Crippen molar-refractivity contribution in [1.82, 2.24) is 24.8 Å². The van der Waals surface area contributed by atoms with Gasteiger partial charge in [0.25, 0.3) is 0 Å². The van der Waals surface area contributed by atoms with Gasteiger partial charge in [0.1, 0.15) is 35.3 Å². The summed E-state index contributed by atoms with van der Waals surface area (Å²) in [5.74, 6) is 0.458. The Kier molecular flexibility index (Phi) is 7.78. The molecule has 1 aromatic carbocycles. The van der Waals surface area contributed by atoms with Gasteiger partial charge in [-0.2, -0.15) is 18.4 Å². The van der Waals surface area contributed by atoms with Crippen LogP contribution in [-0.2, 0) is 29.0 Å². The zero-order chi connectivity index (χ0) is 29.4. The van der Waals surface area contributed by atoms with Gasteiger partial charge in [-0.3, -0.25) is 9.69 Å². The number of hydrogen-bond acceptors (Lipinski definition) is 8. The van der Waals surface area contributed by atoms with E-state index in [-0.39, 0.29) is 29.5 Å². The number of ether oxygens (including phenoxy) is 1. The molecule has 3 aromatic heterocycles. The van der Waals surface area contributed by atoms with E-state index in [0.29, 0.717) is 34.8 Å². The first kappa shape index (κ1) is 28.4. The summed E-state index contributed by atoms with van der Waals surface area (Å²) in [5.41, 5.74) is 3.87. The SMILES string of the molecule is Cc1c(CN2CCC(Nc3ncnc4sc(CC(F)(F)F)cc34)CC2)ccc2c1cc(C#N)n2C[C@@H]1CNC(=O)CO1. The maximum Gasteiger partial charge on any atom is 0.393 e. The number of alkyl halides is 3. The summed E-state index contributed by atoms with van der Waals surface area (Å²) >= 11 is 1.06. The Labute approximate surface area is 244 Å². The Bertz CT molecular complexity index is 1660. The number of aryl methyl sites for hydroxylation is 1. The average Bonchev–Trinajstić information content (AvgIpc) is 3.53. The Morgan fingerprint density at radius 1 is 1.21 bits per heavy atom. The van der Waals surface area contributed by atoms with E-state index in [0.717, 1.165) is 60.3 Å². The second-order valence-electron chi connectivity index (χ2n) is 10.9. The molecule has 0 spiro atoms. The monoisotopic (exact) mass is 597 g/mol. The van der Waals surface area contributed by atoms with Crippen LogP contribution in [0.5, 0.6) is 0 Å². The van der Waals surface area contributed by atoms with Crippen molar-refractivity contribution in [2.45, 2.75) is 57.6 Å². The fraction of sp³-hybridized carbons (Fsp3) is 0.448. The second-order valence-corrected chi connectivity index (χ2v) is 12.0. The molecule has 0 aliphatic carbocycles. The molecule has 0 bridgehead atoms. The molecule has 4 aromatic rings. The Morgan fingerprint density at radius 3 is 2.74 bits per heavy atom. The highest BCUT2D eigenvalue weighted by Gasteiger charge is 2.29. The number of nitrogens with one attached hydrogen (secondary N) is 2. The predicted molar refractivity (Wildman–Crippen MR) is 153 cm³/mol. The summed E-state index contributed by atoms with van der Waals surface area (Å²) in [7, 11) is 0. The molecule has 2 saturated heterocycles. The Hall–Kier alpha value is -3.73. The van der Waals surface area contributed by atoms with Gasteiger partial charge < -0.3 is 19.9 Å². The molecule has 2 aliphatic rings. The standard InChI is InChI=1S/C29H30F3N7O2S/c1-17-18(2-3-25-23(17)8-20(11-33)39(25)14-21-12-34-26(40)15-41-21)13-38-6-4-19(5-7-38)37-27-24-9-22(10-29(30,31)32)42-28(24)36-16-35-27/h2-3,8-9,16,19,21H,4-7,10,12-15H2,1H3,(H,34,40)(H,35,36,37)/t21-/m0/s1. The molecule has 1 amide bonds. The topological polar surface area (TPSA) is 108 Å². The van der Waals surface area contributed by atoms with Crippen LogP contribution in [0.15, 0.2) is 30.6 Å². The quantitative estimate of drug-likeness (QED) is 0.323. The summed E-state index contributed by atoms with van der Waals surface area (Å²) in [4.78, 5) is 23.1. The van der Waals surface area contributed by atoms with E-state index in [1.54, 1.807) is 6.07 Å². The first-order valence-electron chi connectivity index (χ1n) is 13.9. The molecular weight excluding hydrogens is 567 g/mol. The number of aromatic nitrogens is 3. The van der Waals surface area contributed by atoms with Gasteiger partial charge in [0.2, 0.25) is 5.91 Å². The molecule has 2 fully saturated rings. The van der Waals surface area contributed by atoms with Crippen LogP contribution in [0.2, 0.25) is 0 Å². The van der Waals surface area contributed by atoms with Crippen molar-refractivity contribution in [1.29, 1.82) is 5.26 Å². The third-order valence-electron chi connectivity index (χ3n) is 8.02. The van der Waals surface area contributed by atoms with Crippen molar-refractivity contribution in [3.63, 3.8) is 0 Å². The van der Waals surface area contributed by atoms with Gasteiger partial charge in [-0.25, -0.2) is 9.97 Å². The number of halogens is 3. The minimum atomic E-state index is -4.26. The molecule has 1 atom stereocenters. The summed E-state index contributed by atoms with van der Waals surface area (Å²) in [6.45, 7) is 5.52. The van der Waals surface area contributed by atoms with E-state index in [1.165, 1.54) is 11.9 Å². The molecule has 220 valence electrons. The number of thiophene rings is 1. The summed E-state index contributed by atoms with van der Waals surface area (Å²) < 4.78 is 46.3. The highest BCUT2D eigenvalue weighted by atomic mass is 32.1. The molecule has 5 heterocycles. The fourth-order valence-corrected chi connectivity index (χ4v) is 6.84. The zero-order valence-electron chi connectivity index (χ0n) is 23.0. The molecule has 0 saturated carbocycles. The van der Waals surface area contributed by atoms with Gasteiger partial charge in [-0.15, -0.1) is 11.3 Å². The zero-order valence-corrected chi connectivity index (χ0v) is 23.8. The lowest BCUT2D eigenvalue weighted by Gasteiger charge is -2.33. The van der Waals surface area contributed by atoms with E-state index >= 15 is 0 Å². The minimum absolute atomic E-state index is 0.0292. The molecule has 9 nitrogen and oxygen atoms in total. The number of likely N-dealkylation sites (tertiary alicyclic amines) is 1. The molecule has 2 N–H and O–H groups in total. The van der Waals surface area contributed by atoms with Gasteiger partial charge in [0.15, 0.2) is 0 Å². The van der Waals surface area contributed by atoms with Crippen LogP contribution in [-0.4, -0.2) is 69.9 Å². The maximum atomic E-state index is 12.9. The Morgan fingerprint density at radius 2 is 2.02 bits per heavy atom. The van der Waals surface area contributed by atoms with E-state index in [1.807, 2.05) is 10.6 Å². The number of carbonyl (C=O) groups is 1. The van der Waals surface area contributed by atoms with Gasteiger partial charge in [0, 0.05) is 48.0 Å². The van der Waals surface area contributed by atoms with Gasteiger partial charge in [-0.05, 0) is 49.1 Å².